The predicted molar refractivity (Wildman–Crippen MR) is 68.2 cm³/mol. The molecule has 5 nitrogen and oxygen atoms in total. The van der Waals surface area contributed by atoms with Gasteiger partial charge in [0.25, 0.3) is 0 Å². The van der Waals surface area contributed by atoms with E-state index in [9.17, 15) is 8.42 Å². The summed E-state index contributed by atoms with van der Waals surface area (Å²) in [5.74, 6) is 1.04. The molecule has 0 unspecified atom stereocenters. The molecule has 96 valence electrons. The maximum absolute atomic E-state index is 11.0. The van der Waals surface area contributed by atoms with Gasteiger partial charge < -0.3 is 4.74 Å². The van der Waals surface area contributed by atoms with Gasteiger partial charge in [-0.2, -0.15) is 0 Å². The van der Waals surface area contributed by atoms with E-state index in [2.05, 4.69) is 9.97 Å². The first-order valence-electron chi connectivity index (χ1n) is 4.73. The summed E-state index contributed by atoms with van der Waals surface area (Å²) in [4.78, 5) is 8.17. The lowest BCUT2D eigenvalue weighted by atomic mass is 10.6. The molecule has 0 spiro atoms. The van der Waals surface area contributed by atoms with Crippen molar-refractivity contribution < 1.29 is 13.2 Å². The molecule has 0 radical (unpaired) electrons. The van der Waals surface area contributed by atoms with Crippen LogP contribution in [0.2, 0.25) is 5.15 Å². The number of sulfone groups is 1. The summed E-state index contributed by atoms with van der Waals surface area (Å²) in [7, 11) is -1.40. The number of hydrogen-bond donors (Lipinski definition) is 0. The average Bonchev–Trinajstić information content (AvgIpc) is 2.15. The minimum Gasteiger partial charge on any atom is -0.377 e. The summed E-state index contributed by atoms with van der Waals surface area (Å²) < 4.78 is 26.8. The third kappa shape index (κ3) is 6.21. The van der Waals surface area contributed by atoms with Gasteiger partial charge in [0, 0.05) is 25.2 Å². The lowest BCUT2D eigenvalue weighted by Gasteiger charge is -2.03. The molecule has 1 aromatic rings. The predicted octanol–water partition coefficient (Wildman–Crippen LogP) is 1.41. The molecule has 0 amide bonds. The van der Waals surface area contributed by atoms with Crippen LogP contribution in [0.5, 0.6) is 0 Å². The maximum Gasteiger partial charge on any atom is 0.156 e. The molecule has 0 saturated carbocycles. The Morgan fingerprint density at radius 2 is 2.18 bits per heavy atom. The summed E-state index contributed by atoms with van der Waals surface area (Å²) in [6, 6.07) is 1.60. The summed E-state index contributed by atoms with van der Waals surface area (Å²) in [6.45, 7) is 0.278. The van der Waals surface area contributed by atoms with Gasteiger partial charge in [0.2, 0.25) is 0 Å². The van der Waals surface area contributed by atoms with E-state index in [1.54, 1.807) is 13.2 Å². The molecule has 17 heavy (non-hydrogen) atoms. The summed E-state index contributed by atoms with van der Waals surface area (Å²) in [6.07, 6.45) is 1.21. The van der Waals surface area contributed by atoms with Gasteiger partial charge in [0.1, 0.15) is 26.6 Å². The van der Waals surface area contributed by atoms with Crippen LogP contribution in [-0.2, 0) is 21.2 Å². The van der Waals surface area contributed by atoms with Gasteiger partial charge in [0.15, 0.2) is 5.82 Å². The molecule has 0 aliphatic rings. The normalized spacial score (nSPS) is 11.7. The number of ether oxygens (including phenoxy) is 1. The van der Waals surface area contributed by atoms with E-state index < -0.39 is 9.84 Å². The van der Waals surface area contributed by atoms with Crippen molar-refractivity contribution in [2.24, 2.45) is 0 Å². The van der Waals surface area contributed by atoms with E-state index in [-0.39, 0.29) is 12.4 Å². The summed E-state index contributed by atoms with van der Waals surface area (Å²) in [5.41, 5.74) is 0. The van der Waals surface area contributed by atoms with E-state index in [1.165, 1.54) is 18.0 Å². The number of hydrogen-bond acceptors (Lipinski definition) is 6. The molecule has 0 bridgehead atoms. The summed E-state index contributed by atoms with van der Waals surface area (Å²) in [5, 5.41) is 0.981. The molecule has 0 saturated heterocycles. The van der Waals surface area contributed by atoms with Crippen LogP contribution in [0.3, 0.4) is 0 Å². The van der Waals surface area contributed by atoms with Gasteiger partial charge >= 0.3 is 0 Å². The second-order valence-electron chi connectivity index (χ2n) is 3.36. The maximum atomic E-state index is 11.0. The fourth-order valence-corrected chi connectivity index (χ4v) is 3.39. The fourth-order valence-electron chi connectivity index (χ4n) is 1.01. The third-order valence-corrected chi connectivity index (χ3v) is 4.01. The third-order valence-electron chi connectivity index (χ3n) is 1.70. The Labute approximate surface area is 110 Å². The number of aromatic nitrogens is 2. The molecule has 8 heteroatoms. The molecule has 1 aromatic heterocycles. The highest BCUT2D eigenvalue weighted by Crippen LogP contribution is 2.19. The van der Waals surface area contributed by atoms with Crippen LogP contribution in [-0.4, -0.2) is 43.3 Å². The zero-order valence-electron chi connectivity index (χ0n) is 9.51. The quantitative estimate of drug-likeness (QED) is 0.584. The van der Waals surface area contributed by atoms with Crippen LogP contribution in [0.25, 0.3) is 0 Å². The largest absolute Gasteiger partial charge is 0.377 e. The number of halogens is 1. The molecule has 0 N–H and O–H groups in total. The number of thioether (sulfide) groups is 1. The Kier molecular flexibility index (Phi) is 5.64. The van der Waals surface area contributed by atoms with Crippen LogP contribution in [0.4, 0.5) is 0 Å². The first-order valence-corrected chi connectivity index (χ1v) is 8.16. The molecule has 0 aromatic carbocycles. The Bertz CT molecular complexity index is 479. The van der Waals surface area contributed by atoms with E-state index in [1.807, 2.05) is 0 Å². The van der Waals surface area contributed by atoms with Gasteiger partial charge in [0.05, 0.1) is 5.75 Å². The van der Waals surface area contributed by atoms with E-state index >= 15 is 0 Å². The number of rotatable bonds is 6. The molecule has 0 atom stereocenters. The van der Waals surface area contributed by atoms with Crippen LogP contribution < -0.4 is 0 Å². The van der Waals surface area contributed by atoms with Crippen LogP contribution in [0.15, 0.2) is 11.1 Å². The zero-order chi connectivity index (χ0) is 12.9. The second kappa shape index (κ2) is 6.53. The van der Waals surface area contributed by atoms with Crippen LogP contribution in [0, 0.1) is 0 Å². The van der Waals surface area contributed by atoms with Gasteiger partial charge in [-0.3, -0.25) is 0 Å². The van der Waals surface area contributed by atoms with Crippen molar-refractivity contribution in [1.29, 1.82) is 0 Å². The molecule has 1 heterocycles. The van der Waals surface area contributed by atoms with Crippen LogP contribution in [0.1, 0.15) is 5.82 Å². The minimum atomic E-state index is -2.95. The highest BCUT2D eigenvalue weighted by Gasteiger charge is 2.06. The SMILES string of the molecule is COCc1nc(Cl)cc(SCCS(C)(=O)=O)n1. The van der Waals surface area contributed by atoms with Gasteiger partial charge in [-0.25, -0.2) is 18.4 Å². The highest BCUT2D eigenvalue weighted by atomic mass is 35.5. The molecule has 0 fully saturated rings. The van der Waals surface area contributed by atoms with Gasteiger partial charge in [-0.1, -0.05) is 11.6 Å². The summed E-state index contributed by atoms with van der Waals surface area (Å²) >= 11 is 7.15. The Hall–Kier alpha value is -0.370. The molecule has 0 aliphatic carbocycles. The van der Waals surface area contributed by atoms with Crippen molar-refractivity contribution >= 4 is 33.2 Å². The first kappa shape index (κ1) is 14.7. The Balaban J connectivity index is 2.64. The first-order chi connectivity index (χ1) is 7.90. The van der Waals surface area contributed by atoms with Gasteiger partial charge in [-0.15, -0.1) is 11.8 Å². The second-order valence-corrected chi connectivity index (χ2v) is 7.12. The zero-order valence-corrected chi connectivity index (χ0v) is 11.9. The highest BCUT2D eigenvalue weighted by molar-refractivity contribution is 8.00. The topological polar surface area (TPSA) is 69.2 Å². The van der Waals surface area contributed by atoms with E-state index in [4.69, 9.17) is 16.3 Å². The van der Waals surface area contributed by atoms with Crippen LogP contribution >= 0.6 is 23.4 Å². The van der Waals surface area contributed by atoms with Crippen molar-refractivity contribution in [2.75, 3.05) is 24.9 Å². The molecular weight excluding hydrogens is 284 g/mol. The molecular formula is C9H13ClN2O3S2. The fraction of sp³-hybridized carbons (Fsp3) is 0.556. The van der Waals surface area contributed by atoms with Crippen molar-refractivity contribution in [1.82, 2.24) is 9.97 Å². The van der Waals surface area contributed by atoms with Crippen molar-refractivity contribution in [3.63, 3.8) is 0 Å². The van der Waals surface area contributed by atoms with E-state index in [0.717, 1.165) is 0 Å². The van der Waals surface area contributed by atoms with E-state index in [0.29, 0.717) is 21.8 Å². The van der Waals surface area contributed by atoms with Crippen molar-refractivity contribution in [3.05, 3.63) is 17.0 Å². The lowest BCUT2D eigenvalue weighted by molar-refractivity contribution is 0.177. The molecule has 0 aliphatic heterocycles. The lowest BCUT2D eigenvalue weighted by Crippen LogP contribution is -2.05. The number of nitrogens with zero attached hydrogens (tertiary/aromatic N) is 2. The smallest absolute Gasteiger partial charge is 0.156 e. The Morgan fingerprint density at radius 1 is 1.47 bits per heavy atom. The van der Waals surface area contributed by atoms with Crippen molar-refractivity contribution in [3.8, 4) is 0 Å². The minimum absolute atomic E-state index is 0.110. The van der Waals surface area contributed by atoms with Crippen molar-refractivity contribution in [2.45, 2.75) is 11.6 Å². The Morgan fingerprint density at radius 3 is 2.76 bits per heavy atom. The average molecular weight is 297 g/mol. The van der Waals surface area contributed by atoms with Gasteiger partial charge in [-0.05, 0) is 0 Å². The monoisotopic (exact) mass is 296 g/mol. The number of methoxy groups -OCH3 is 1. The molecule has 1 rings (SSSR count). The standard InChI is InChI=1S/C9H13ClN2O3S2/c1-15-6-8-11-7(10)5-9(12-8)16-3-4-17(2,13)14/h5H,3-4,6H2,1-2H3.